The van der Waals surface area contributed by atoms with Crippen LogP contribution in [-0.2, 0) is 16.0 Å². The molecule has 0 fully saturated rings. The zero-order chi connectivity index (χ0) is 23.7. The van der Waals surface area contributed by atoms with Crippen LogP contribution in [0.3, 0.4) is 0 Å². The highest BCUT2D eigenvalue weighted by Crippen LogP contribution is 2.42. The summed E-state index contributed by atoms with van der Waals surface area (Å²) in [5.74, 6) is -2.73. The molecule has 4 nitrogen and oxygen atoms in total. The number of nitrogens with zero attached hydrogens (tertiary/aromatic N) is 1. The molecule has 2 aromatic rings. The van der Waals surface area contributed by atoms with E-state index in [0.29, 0.717) is 5.56 Å². The summed E-state index contributed by atoms with van der Waals surface area (Å²) >= 11 is 3.32. The quantitative estimate of drug-likeness (QED) is 0.467. The molecule has 2 amide bonds. The van der Waals surface area contributed by atoms with Crippen molar-refractivity contribution in [2.45, 2.75) is 44.9 Å². The molecule has 1 heterocycles. The number of hydrogen-bond donors (Lipinski definition) is 0. The maximum absolute atomic E-state index is 14.0. The number of imide groups is 1. The number of halogens is 4. The largest absolute Gasteiger partial charge is 0.443 e. The van der Waals surface area contributed by atoms with Crippen molar-refractivity contribution in [1.29, 1.82) is 0 Å². The fraction of sp³-hybridized carbons (Fsp3) is 0.333. The van der Waals surface area contributed by atoms with Crippen LogP contribution in [0.15, 0.2) is 70.8 Å². The predicted octanol–water partition coefficient (Wildman–Crippen LogP) is 6.62. The maximum atomic E-state index is 14.0. The van der Waals surface area contributed by atoms with Gasteiger partial charge in [-0.25, -0.2) is 9.69 Å². The van der Waals surface area contributed by atoms with E-state index in [0.717, 1.165) is 16.1 Å². The molecule has 2 aromatic carbocycles. The van der Waals surface area contributed by atoms with Gasteiger partial charge in [0.15, 0.2) is 0 Å². The van der Waals surface area contributed by atoms with E-state index in [1.165, 1.54) is 20.8 Å². The van der Waals surface area contributed by atoms with Gasteiger partial charge in [-0.2, -0.15) is 13.2 Å². The lowest BCUT2D eigenvalue weighted by atomic mass is 9.78. The minimum atomic E-state index is -4.92. The van der Waals surface area contributed by atoms with Gasteiger partial charge in [0.25, 0.3) is 0 Å². The number of benzene rings is 2. The van der Waals surface area contributed by atoms with Crippen LogP contribution in [0.1, 0.15) is 37.8 Å². The number of allylic oxidation sites excluding steroid dienone is 2. The Hall–Kier alpha value is -2.61. The number of ether oxygens (including phenoxy) is 1. The molecular formula is C24H23BrF3NO3. The molecule has 1 aliphatic rings. The first-order valence-electron chi connectivity index (χ1n) is 10.0. The molecule has 0 spiro atoms. The highest BCUT2D eigenvalue weighted by atomic mass is 79.9. The molecule has 170 valence electrons. The lowest BCUT2D eigenvalue weighted by Gasteiger charge is -2.37. The molecule has 0 saturated carbocycles. The van der Waals surface area contributed by atoms with E-state index in [2.05, 4.69) is 15.9 Å². The number of hydrogen-bond acceptors (Lipinski definition) is 3. The summed E-state index contributed by atoms with van der Waals surface area (Å²) in [5, 5.41) is 0. The smallest absolute Gasteiger partial charge is 0.431 e. The average Bonchev–Trinajstić information content (AvgIpc) is 2.68. The van der Waals surface area contributed by atoms with E-state index in [-0.39, 0.29) is 11.3 Å². The average molecular weight is 510 g/mol. The van der Waals surface area contributed by atoms with Gasteiger partial charge in [-0.1, -0.05) is 58.4 Å². The summed E-state index contributed by atoms with van der Waals surface area (Å²) < 4.78 is 47.9. The first-order chi connectivity index (χ1) is 14.9. The number of carbonyl (C=O) groups is 2. The topological polar surface area (TPSA) is 46.6 Å². The van der Waals surface area contributed by atoms with E-state index in [4.69, 9.17) is 4.74 Å². The molecule has 8 heteroatoms. The van der Waals surface area contributed by atoms with Crippen LogP contribution in [0.25, 0.3) is 0 Å². The van der Waals surface area contributed by atoms with Crippen molar-refractivity contribution < 1.29 is 27.5 Å². The van der Waals surface area contributed by atoms with Crippen LogP contribution >= 0.6 is 15.9 Å². The first-order valence-corrected chi connectivity index (χ1v) is 10.8. The van der Waals surface area contributed by atoms with E-state index in [9.17, 15) is 22.8 Å². The van der Waals surface area contributed by atoms with Crippen LogP contribution in [0.4, 0.5) is 18.0 Å². The normalized spacial score (nSPS) is 19.5. The second-order valence-corrected chi connectivity index (χ2v) is 9.49. The Morgan fingerprint density at radius 3 is 2.16 bits per heavy atom. The van der Waals surface area contributed by atoms with Crippen molar-refractivity contribution in [3.63, 3.8) is 0 Å². The summed E-state index contributed by atoms with van der Waals surface area (Å²) in [6, 6.07) is 15.8. The molecule has 2 atom stereocenters. The lowest BCUT2D eigenvalue weighted by molar-refractivity contribution is -0.147. The second kappa shape index (κ2) is 9.10. The van der Waals surface area contributed by atoms with Gasteiger partial charge in [0.2, 0.25) is 5.91 Å². The molecule has 0 saturated heterocycles. The van der Waals surface area contributed by atoms with Crippen LogP contribution in [-0.4, -0.2) is 28.7 Å². The van der Waals surface area contributed by atoms with Gasteiger partial charge in [-0.05, 0) is 56.5 Å². The Labute approximate surface area is 193 Å². The highest BCUT2D eigenvalue weighted by molar-refractivity contribution is 9.10. The van der Waals surface area contributed by atoms with Crippen molar-refractivity contribution in [3.8, 4) is 0 Å². The molecule has 32 heavy (non-hydrogen) atoms. The fourth-order valence-corrected chi connectivity index (χ4v) is 3.88. The Bertz CT molecular complexity index is 1010. The van der Waals surface area contributed by atoms with Gasteiger partial charge in [0, 0.05) is 10.4 Å². The van der Waals surface area contributed by atoms with Crippen molar-refractivity contribution >= 4 is 27.9 Å². The summed E-state index contributed by atoms with van der Waals surface area (Å²) in [6.07, 6.45) is -5.13. The van der Waals surface area contributed by atoms with Crippen LogP contribution in [0.5, 0.6) is 0 Å². The molecule has 0 N–H and O–H groups in total. The van der Waals surface area contributed by atoms with Crippen molar-refractivity contribution in [1.82, 2.24) is 4.90 Å². The fourth-order valence-electron chi connectivity index (χ4n) is 3.61. The second-order valence-electron chi connectivity index (χ2n) is 8.58. The molecule has 3 rings (SSSR count). The standard InChI is InChI=1S/C24H23BrF3NO3/c1-23(2,3)32-22(31)29-20(24(26,27)28)14-18(16-9-11-17(25)12-10-16)19(21(29)30)13-15-7-5-4-6-8-15/h4-12,14,18-19H,13H2,1-3H3/t18-,19+/m1/s1. The molecule has 0 aromatic heterocycles. The molecule has 0 aliphatic carbocycles. The van der Waals surface area contributed by atoms with E-state index in [1.807, 2.05) is 6.07 Å². The van der Waals surface area contributed by atoms with Gasteiger partial charge in [-0.15, -0.1) is 0 Å². The first kappa shape index (κ1) is 24.0. The summed E-state index contributed by atoms with van der Waals surface area (Å²) in [7, 11) is 0. The van der Waals surface area contributed by atoms with E-state index in [1.54, 1.807) is 48.5 Å². The SMILES string of the molecule is CC(C)(C)OC(=O)N1C(=O)[C@@H](Cc2ccccc2)[C@@H](c2ccc(Br)cc2)C=C1C(F)(F)F. The summed E-state index contributed by atoms with van der Waals surface area (Å²) in [4.78, 5) is 26.3. The Balaban J connectivity index is 2.13. The predicted molar refractivity (Wildman–Crippen MR) is 118 cm³/mol. The Morgan fingerprint density at radius 2 is 1.62 bits per heavy atom. The Morgan fingerprint density at radius 1 is 1.03 bits per heavy atom. The molecular weight excluding hydrogens is 487 g/mol. The third-order valence-electron chi connectivity index (χ3n) is 4.97. The monoisotopic (exact) mass is 509 g/mol. The zero-order valence-electron chi connectivity index (χ0n) is 17.8. The van der Waals surface area contributed by atoms with Crippen LogP contribution in [0.2, 0.25) is 0 Å². The summed E-state index contributed by atoms with van der Waals surface area (Å²) in [6.45, 7) is 4.59. The number of alkyl halides is 3. The van der Waals surface area contributed by atoms with Crippen LogP contribution in [0, 0.1) is 5.92 Å². The third-order valence-corrected chi connectivity index (χ3v) is 5.50. The van der Waals surface area contributed by atoms with Gasteiger partial charge in [-0.3, -0.25) is 4.79 Å². The van der Waals surface area contributed by atoms with Gasteiger partial charge >= 0.3 is 12.3 Å². The van der Waals surface area contributed by atoms with Crippen molar-refractivity contribution in [2.75, 3.05) is 0 Å². The minimum absolute atomic E-state index is 0.147. The van der Waals surface area contributed by atoms with Gasteiger partial charge < -0.3 is 4.74 Å². The van der Waals surface area contributed by atoms with Crippen molar-refractivity contribution in [3.05, 3.63) is 82.0 Å². The molecule has 1 aliphatic heterocycles. The number of carbonyl (C=O) groups excluding carboxylic acids is 2. The Kier molecular flexibility index (Phi) is 6.83. The maximum Gasteiger partial charge on any atom is 0.431 e. The van der Waals surface area contributed by atoms with Crippen molar-refractivity contribution in [2.24, 2.45) is 5.92 Å². The number of rotatable bonds is 3. The lowest BCUT2D eigenvalue weighted by Crippen LogP contribution is -2.50. The van der Waals surface area contributed by atoms with Gasteiger partial charge in [0.05, 0.1) is 5.92 Å². The summed E-state index contributed by atoms with van der Waals surface area (Å²) in [5.41, 5.74) is -1.06. The highest BCUT2D eigenvalue weighted by Gasteiger charge is 2.51. The van der Waals surface area contributed by atoms with Gasteiger partial charge in [0.1, 0.15) is 11.3 Å². The number of amides is 2. The van der Waals surface area contributed by atoms with Crippen LogP contribution < -0.4 is 0 Å². The molecule has 0 unspecified atom stereocenters. The minimum Gasteiger partial charge on any atom is -0.443 e. The molecule has 0 radical (unpaired) electrons. The zero-order valence-corrected chi connectivity index (χ0v) is 19.4. The van der Waals surface area contributed by atoms with E-state index >= 15 is 0 Å². The molecule has 0 bridgehead atoms. The third kappa shape index (κ3) is 5.59. The van der Waals surface area contributed by atoms with E-state index < -0.39 is 41.3 Å².